The molecule has 0 bridgehead atoms. The first-order chi connectivity index (χ1) is 10.1. The molecule has 2 aromatic rings. The van der Waals surface area contributed by atoms with Gasteiger partial charge >= 0.3 is 0 Å². The molecule has 0 saturated carbocycles. The van der Waals surface area contributed by atoms with Crippen molar-refractivity contribution in [1.82, 2.24) is 19.7 Å². The van der Waals surface area contributed by atoms with Crippen LogP contribution in [0.15, 0.2) is 16.7 Å². The lowest BCUT2D eigenvalue weighted by atomic mass is 10.1. The van der Waals surface area contributed by atoms with E-state index in [0.717, 1.165) is 47.0 Å². The highest BCUT2D eigenvalue weighted by Gasteiger charge is 2.16. The third-order valence-electron chi connectivity index (χ3n) is 3.11. The van der Waals surface area contributed by atoms with Gasteiger partial charge in [-0.2, -0.15) is 5.10 Å². The predicted molar refractivity (Wildman–Crippen MR) is 89.3 cm³/mol. The van der Waals surface area contributed by atoms with Gasteiger partial charge in [-0.05, 0) is 48.2 Å². The fraction of sp³-hybridized carbons (Fsp3) is 0.533. The van der Waals surface area contributed by atoms with Crippen molar-refractivity contribution in [3.8, 4) is 11.5 Å². The molecule has 0 fully saturated rings. The Kier molecular flexibility index (Phi) is 5.33. The normalized spacial score (nSPS) is 11.1. The zero-order chi connectivity index (χ0) is 15.4. The van der Waals surface area contributed by atoms with E-state index in [4.69, 9.17) is 4.98 Å². The van der Waals surface area contributed by atoms with E-state index in [0.29, 0.717) is 5.92 Å². The first-order valence-electron chi connectivity index (χ1n) is 7.39. The van der Waals surface area contributed by atoms with Crippen molar-refractivity contribution >= 4 is 21.7 Å². The van der Waals surface area contributed by atoms with Gasteiger partial charge in [0.05, 0.1) is 10.2 Å². The number of hydrogen-bond acceptors (Lipinski definition) is 4. The minimum atomic E-state index is 0.537. The van der Waals surface area contributed by atoms with E-state index in [1.54, 1.807) is 6.20 Å². The van der Waals surface area contributed by atoms with E-state index in [1.807, 2.05) is 10.7 Å². The van der Waals surface area contributed by atoms with Crippen LogP contribution in [0.2, 0.25) is 0 Å². The summed E-state index contributed by atoms with van der Waals surface area (Å²) in [5, 5.41) is 7.61. The van der Waals surface area contributed by atoms with Crippen LogP contribution in [0, 0.1) is 5.92 Å². The zero-order valence-electron chi connectivity index (χ0n) is 13.0. The molecule has 0 radical (unpaired) electrons. The highest BCUT2D eigenvalue weighted by atomic mass is 79.9. The Hall–Kier alpha value is -1.43. The van der Waals surface area contributed by atoms with Crippen LogP contribution < -0.4 is 5.32 Å². The Bertz CT molecular complexity index is 606. The molecule has 2 heterocycles. The van der Waals surface area contributed by atoms with Crippen LogP contribution in [0.3, 0.4) is 0 Å². The molecule has 0 saturated heterocycles. The fourth-order valence-electron chi connectivity index (χ4n) is 2.19. The summed E-state index contributed by atoms with van der Waals surface area (Å²) in [6, 6.07) is 1.96. The number of hydrogen-bond donors (Lipinski definition) is 1. The number of aryl methyl sites for hydroxylation is 1. The van der Waals surface area contributed by atoms with Gasteiger partial charge in [-0.25, -0.2) is 9.97 Å². The third-order valence-corrected chi connectivity index (χ3v) is 3.94. The monoisotopic (exact) mass is 351 g/mol. The zero-order valence-corrected chi connectivity index (χ0v) is 14.6. The largest absolute Gasteiger partial charge is 0.369 e. The third kappa shape index (κ3) is 3.61. The topological polar surface area (TPSA) is 55.6 Å². The molecular formula is C15H22BrN5. The van der Waals surface area contributed by atoms with Gasteiger partial charge in [0.25, 0.3) is 0 Å². The van der Waals surface area contributed by atoms with Crippen LogP contribution in [-0.4, -0.2) is 26.3 Å². The molecule has 21 heavy (non-hydrogen) atoms. The molecular weight excluding hydrogens is 330 g/mol. The summed E-state index contributed by atoms with van der Waals surface area (Å²) in [7, 11) is 0. The smallest absolute Gasteiger partial charge is 0.180 e. The summed E-state index contributed by atoms with van der Waals surface area (Å²) in [6.07, 6.45) is 2.70. The summed E-state index contributed by atoms with van der Waals surface area (Å²) >= 11 is 3.63. The van der Waals surface area contributed by atoms with E-state index in [9.17, 15) is 0 Å². The van der Waals surface area contributed by atoms with Crippen LogP contribution in [0.5, 0.6) is 0 Å². The van der Waals surface area contributed by atoms with Gasteiger partial charge in [-0.15, -0.1) is 0 Å². The molecule has 0 amide bonds. The van der Waals surface area contributed by atoms with Crippen molar-refractivity contribution in [1.29, 1.82) is 0 Å². The number of anilines is 1. The SMILES string of the molecule is CCNc1nc(-c2ccnn2CC)nc(CC(C)C)c1Br. The van der Waals surface area contributed by atoms with Gasteiger partial charge in [0.1, 0.15) is 11.5 Å². The van der Waals surface area contributed by atoms with Gasteiger partial charge in [0, 0.05) is 19.3 Å². The minimum Gasteiger partial charge on any atom is -0.369 e. The lowest BCUT2D eigenvalue weighted by Crippen LogP contribution is -2.10. The fourth-order valence-corrected chi connectivity index (χ4v) is 2.67. The van der Waals surface area contributed by atoms with Gasteiger partial charge in [-0.1, -0.05) is 13.8 Å². The molecule has 0 aliphatic carbocycles. The summed E-state index contributed by atoms with van der Waals surface area (Å²) in [4.78, 5) is 9.40. The molecule has 5 nitrogen and oxygen atoms in total. The molecule has 2 rings (SSSR count). The molecule has 0 spiro atoms. The van der Waals surface area contributed by atoms with Crippen molar-refractivity contribution in [2.45, 2.75) is 40.7 Å². The Morgan fingerprint density at radius 2 is 2.05 bits per heavy atom. The lowest BCUT2D eigenvalue weighted by Gasteiger charge is -2.14. The van der Waals surface area contributed by atoms with Crippen molar-refractivity contribution in [2.24, 2.45) is 5.92 Å². The van der Waals surface area contributed by atoms with Crippen LogP contribution in [-0.2, 0) is 13.0 Å². The van der Waals surface area contributed by atoms with Crippen LogP contribution in [0.25, 0.3) is 11.5 Å². The molecule has 1 N–H and O–H groups in total. The van der Waals surface area contributed by atoms with E-state index in [1.165, 1.54) is 0 Å². The molecule has 6 heteroatoms. The second kappa shape index (κ2) is 7.02. The Labute approximate surface area is 134 Å². The van der Waals surface area contributed by atoms with Gasteiger partial charge in [0.2, 0.25) is 0 Å². The molecule has 0 aliphatic heterocycles. The molecule has 114 valence electrons. The Morgan fingerprint density at radius 3 is 2.67 bits per heavy atom. The van der Waals surface area contributed by atoms with E-state index in [-0.39, 0.29) is 0 Å². The predicted octanol–water partition coefficient (Wildman–Crippen LogP) is 3.75. The van der Waals surface area contributed by atoms with Crippen LogP contribution >= 0.6 is 15.9 Å². The highest BCUT2D eigenvalue weighted by molar-refractivity contribution is 9.10. The molecule has 0 atom stereocenters. The number of nitrogens with one attached hydrogen (secondary N) is 1. The maximum Gasteiger partial charge on any atom is 0.180 e. The highest BCUT2D eigenvalue weighted by Crippen LogP contribution is 2.28. The standard InChI is InChI=1S/C15H22BrN5/c1-5-17-15-13(16)11(9-10(3)4)19-14(20-15)12-7-8-18-21(12)6-2/h7-8,10H,5-6,9H2,1-4H3,(H,17,19,20). The summed E-state index contributed by atoms with van der Waals surface area (Å²) in [5.41, 5.74) is 1.99. The van der Waals surface area contributed by atoms with Gasteiger partial charge in [0.15, 0.2) is 5.82 Å². The average molecular weight is 352 g/mol. The Balaban J connectivity index is 2.53. The second-order valence-electron chi connectivity index (χ2n) is 5.32. The quantitative estimate of drug-likeness (QED) is 0.860. The second-order valence-corrected chi connectivity index (χ2v) is 6.11. The van der Waals surface area contributed by atoms with E-state index >= 15 is 0 Å². The molecule has 0 aromatic carbocycles. The summed E-state index contributed by atoms with van der Waals surface area (Å²) in [5.74, 6) is 2.11. The van der Waals surface area contributed by atoms with E-state index in [2.05, 4.69) is 59.0 Å². The van der Waals surface area contributed by atoms with Gasteiger partial charge < -0.3 is 5.32 Å². The first kappa shape index (κ1) is 15.9. The maximum atomic E-state index is 4.75. The number of rotatable bonds is 6. The van der Waals surface area contributed by atoms with E-state index < -0.39 is 0 Å². The van der Waals surface area contributed by atoms with Crippen LogP contribution in [0.1, 0.15) is 33.4 Å². The van der Waals surface area contributed by atoms with Gasteiger partial charge in [-0.3, -0.25) is 4.68 Å². The minimum absolute atomic E-state index is 0.537. The van der Waals surface area contributed by atoms with Crippen molar-refractivity contribution in [3.05, 3.63) is 22.4 Å². The molecule has 0 unspecified atom stereocenters. The first-order valence-corrected chi connectivity index (χ1v) is 8.18. The summed E-state index contributed by atoms with van der Waals surface area (Å²) < 4.78 is 2.88. The number of aromatic nitrogens is 4. The van der Waals surface area contributed by atoms with Crippen molar-refractivity contribution < 1.29 is 0 Å². The lowest BCUT2D eigenvalue weighted by molar-refractivity contribution is 0.630. The van der Waals surface area contributed by atoms with Crippen LogP contribution in [0.4, 0.5) is 5.82 Å². The Morgan fingerprint density at radius 1 is 1.29 bits per heavy atom. The average Bonchev–Trinajstić information content (AvgIpc) is 2.91. The maximum absolute atomic E-state index is 4.75. The molecule has 2 aromatic heterocycles. The number of halogens is 1. The van der Waals surface area contributed by atoms with Crippen molar-refractivity contribution in [3.63, 3.8) is 0 Å². The number of nitrogens with zero attached hydrogens (tertiary/aromatic N) is 4. The molecule has 0 aliphatic rings. The summed E-state index contributed by atoms with van der Waals surface area (Å²) in [6.45, 7) is 10.1. The van der Waals surface area contributed by atoms with Crippen molar-refractivity contribution in [2.75, 3.05) is 11.9 Å².